The van der Waals surface area contributed by atoms with Crippen molar-refractivity contribution in [2.24, 2.45) is 0 Å². The summed E-state index contributed by atoms with van der Waals surface area (Å²) in [5.41, 5.74) is 2.02. The first-order valence-corrected chi connectivity index (χ1v) is 4.52. The summed E-state index contributed by atoms with van der Waals surface area (Å²) in [7, 11) is 1.96. The summed E-state index contributed by atoms with van der Waals surface area (Å²) in [5.74, 6) is 0. The van der Waals surface area contributed by atoms with E-state index in [1.54, 1.807) is 0 Å². The molecule has 0 aromatic carbocycles. The van der Waals surface area contributed by atoms with E-state index in [0.717, 1.165) is 30.8 Å². The second-order valence-corrected chi connectivity index (χ2v) is 3.16. The van der Waals surface area contributed by atoms with Crippen LogP contribution in [0.1, 0.15) is 18.3 Å². The fourth-order valence-corrected chi connectivity index (χ4v) is 1.30. The van der Waals surface area contributed by atoms with Crippen LogP contribution in [0.25, 0.3) is 0 Å². The summed E-state index contributed by atoms with van der Waals surface area (Å²) >= 11 is 0. The minimum Gasteiger partial charge on any atom is -0.348 e. The van der Waals surface area contributed by atoms with Gasteiger partial charge in [0.1, 0.15) is 0 Å². The molecule has 0 spiro atoms. The Hall–Kier alpha value is -0.865. The summed E-state index contributed by atoms with van der Waals surface area (Å²) < 4.78 is 10.9. The molecule has 1 aromatic rings. The minimum absolute atomic E-state index is 0.207. The molecule has 13 heavy (non-hydrogen) atoms. The average molecular weight is 177 g/mol. The number of nitrogens with zero attached hydrogens (tertiary/aromatic N) is 1. The van der Waals surface area contributed by atoms with E-state index in [4.69, 9.17) is 9.47 Å². The molecule has 2 rings (SSSR count). The third-order valence-electron chi connectivity index (χ3n) is 2.03. The molecule has 0 amide bonds. The Morgan fingerprint density at radius 2 is 2.08 bits per heavy atom. The number of ether oxygens (including phenoxy) is 2. The first kappa shape index (κ1) is 8.72. The number of pyridine rings is 1. The number of aromatic nitrogens is 1. The van der Waals surface area contributed by atoms with E-state index in [1.165, 1.54) is 0 Å². The van der Waals surface area contributed by atoms with Crippen LogP contribution in [-0.2, 0) is 9.47 Å². The van der Waals surface area contributed by atoms with Crippen LogP contribution in [-0.4, -0.2) is 26.0 Å². The van der Waals surface area contributed by atoms with Gasteiger partial charge in [-0.2, -0.15) is 0 Å². The molecule has 0 unspecified atom stereocenters. The molecule has 1 aliphatic rings. The molecule has 1 aromatic heterocycles. The first-order valence-electron chi connectivity index (χ1n) is 4.52. The van der Waals surface area contributed by atoms with Gasteiger partial charge in [-0.1, -0.05) is 12.1 Å². The zero-order valence-corrected chi connectivity index (χ0v) is 7.69. The maximum Gasteiger partial charge on any atom is 0.185 e. The molecule has 2 heterocycles. The molecule has 0 aliphatic carbocycles. The molecule has 1 fully saturated rings. The lowest BCUT2D eigenvalue weighted by molar-refractivity contribution is -0.183. The van der Waals surface area contributed by atoms with Gasteiger partial charge in [0.15, 0.2) is 14.1 Å². The number of hydrogen-bond acceptors (Lipinski definition) is 3. The van der Waals surface area contributed by atoms with Crippen molar-refractivity contribution in [3.63, 3.8) is 0 Å². The predicted molar refractivity (Wildman–Crippen MR) is 51.7 cm³/mol. The topological polar surface area (TPSA) is 31.4 Å². The molecule has 0 radical (unpaired) electrons. The zero-order chi connectivity index (χ0) is 9.10. The maximum absolute atomic E-state index is 5.44. The van der Waals surface area contributed by atoms with E-state index in [9.17, 15) is 0 Å². The Morgan fingerprint density at radius 3 is 2.69 bits per heavy atom. The van der Waals surface area contributed by atoms with E-state index in [2.05, 4.69) is 4.98 Å². The Balaban J connectivity index is 2.10. The fraction of sp³-hybridized carbons (Fsp3) is 0.444. The van der Waals surface area contributed by atoms with Gasteiger partial charge in [-0.15, -0.1) is 0 Å². The van der Waals surface area contributed by atoms with Gasteiger partial charge in [-0.3, -0.25) is 4.98 Å². The highest BCUT2D eigenvalue weighted by Crippen LogP contribution is 2.20. The quantitative estimate of drug-likeness (QED) is 0.555. The zero-order valence-electron chi connectivity index (χ0n) is 7.69. The number of rotatable bonds is 1. The van der Waals surface area contributed by atoms with E-state index in [-0.39, 0.29) is 6.29 Å². The van der Waals surface area contributed by atoms with Gasteiger partial charge in [0.25, 0.3) is 0 Å². The second kappa shape index (κ2) is 3.90. The van der Waals surface area contributed by atoms with E-state index >= 15 is 0 Å². The predicted octanol–water partition coefficient (Wildman–Crippen LogP) is -0.225. The van der Waals surface area contributed by atoms with Crippen molar-refractivity contribution < 1.29 is 9.47 Å². The van der Waals surface area contributed by atoms with E-state index in [1.807, 2.05) is 26.2 Å². The normalized spacial score (nSPS) is 18.8. The second-order valence-electron chi connectivity index (χ2n) is 3.16. The lowest BCUT2D eigenvalue weighted by Gasteiger charge is -2.23. The number of hydrogen-bond donors (Lipinski definition) is 0. The van der Waals surface area contributed by atoms with E-state index < -0.39 is 0 Å². The van der Waals surface area contributed by atoms with E-state index in [0.29, 0.717) is 0 Å². The summed E-state index contributed by atoms with van der Waals surface area (Å²) in [6.07, 6.45) is 2.59. The molecule has 1 saturated heterocycles. The highest BCUT2D eigenvalue weighted by Gasteiger charge is 2.16. The molecule has 3 nitrogen and oxygen atoms in total. The third kappa shape index (κ3) is 2.08. The Labute approximate surface area is 78.5 Å². The molecule has 1 aliphatic heterocycles. The standard InChI is InChI=1S/C9H12BNO2/c10-8-3-2-7(6-11-8)9-12-4-1-5-13-9/h2-3,6,9H,1,4-5,10H2. The lowest BCUT2D eigenvalue weighted by Crippen LogP contribution is -2.19. The van der Waals surface area contributed by atoms with Crippen molar-refractivity contribution in [2.45, 2.75) is 12.7 Å². The SMILES string of the molecule is Bc1ccc(C2OCCCO2)cn1. The monoisotopic (exact) mass is 177 g/mol. The van der Waals surface area contributed by atoms with Crippen LogP contribution in [0, 0.1) is 0 Å². The van der Waals surface area contributed by atoms with Crippen molar-refractivity contribution >= 4 is 13.4 Å². The van der Waals surface area contributed by atoms with Crippen molar-refractivity contribution in [3.05, 3.63) is 23.9 Å². The highest BCUT2D eigenvalue weighted by atomic mass is 16.7. The molecule has 4 heteroatoms. The molecule has 0 N–H and O–H groups in total. The summed E-state index contributed by atoms with van der Waals surface area (Å²) in [4.78, 5) is 4.19. The van der Waals surface area contributed by atoms with Crippen molar-refractivity contribution in [3.8, 4) is 0 Å². The summed E-state index contributed by atoms with van der Waals surface area (Å²) in [6, 6.07) is 3.97. The maximum atomic E-state index is 5.44. The molecular weight excluding hydrogens is 165 g/mol. The van der Waals surface area contributed by atoms with Crippen molar-refractivity contribution in [1.29, 1.82) is 0 Å². The van der Waals surface area contributed by atoms with Gasteiger partial charge in [-0.05, 0) is 12.0 Å². The third-order valence-corrected chi connectivity index (χ3v) is 2.03. The van der Waals surface area contributed by atoms with Crippen LogP contribution in [0.3, 0.4) is 0 Å². The van der Waals surface area contributed by atoms with Gasteiger partial charge >= 0.3 is 0 Å². The van der Waals surface area contributed by atoms with Gasteiger partial charge in [0.2, 0.25) is 0 Å². The van der Waals surface area contributed by atoms with Crippen LogP contribution < -0.4 is 5.59 Å². The minimum atomic E-state index is -0.207. The van der Waals surface area contributed by atoms with Crippen LogP contribution in [0.4, 0.5) is 0 Å². The van der Waals surface area contributed by atoms with Crippen LogP contribution in [0.5, 0.6) is 0 Å². The lowest BCUT2D eigenvalue weighted by atomic mass is 10.0. The van der Waals surface area contributed by atoms with Crippen LogP contribution in [0.15, 0.2) is 18.3 Å². The van der Waals surface area contributed by atoms with Gasteiger partial charge in [0.05, 0.1) is 13.2 Å². The molecular formula is C9H12BNO2. The largest absolute Gasteiger partial charge is 0.348 e. The first-order chi connectivity index (χ1) is 6.36. The molecule has 68 valence electrons. The fourth-order valence-electron chi connectivity index (χ4n) is 1.30. The summed E-state index contributed by atoms with van der Waals surface area (Å²) in [6.45, 7) is 1.55. The van der Waals surface area contributed by atoms with Crippen molar-refractivity contribution in [2.75, 3.05) is 13.2 Å². The molecule has 0 atom stereocenters. The average Bonchev–Trinajstić information content (AvgIpc) is 2.20. The smallest absolute Gasteiger partial charge is 0.185 e. The van der Waals surface area contributed by atoms with Crippen LogP contribution >= 0.6 is 0 Å². The van der Waals surface area contributed by atoms with Gasteiger partial charge < -0.3 is 9.47 Å². The Kier molecular flexibility index (Phi) is 2.61. The van der Waals surface area contributed by atoms with Crippen molar-refractivity contribution in [1.82, 2.24) is 4.98 Å². The molecule has 0 saturated carbocycles. The summed E-state index contributed by atoms with van der Waals surface area (Å²) in [5, 5.41) is 0. The Morgan fingerprint density at radius 1 is 1.31 bits per heavy atom. The van der Waals surface area contributed by atoms with Gasteiger partial charge in [0, 0.05) is 11.8 Å². The van der Waals surface area contributed by atoms with Crippen LogP contribution in [0.2, 0.25) is 0 Å². The van der Waals surface area contributed by atoms with Gasteiger partial charge in [-0.25, -0.2) is 0 Å². The highest BCUT2D eigenvalue weighted by molar-refractivity contribution is 6.30. The molecule has 0 bridgehead atoms. The Bertz CT molecular complexity index is 269.